The van der Waals surface area contributed by atoms with Crippen LogP contribution in [0.15, 0.2) is 36.6 Å². The zero-order valence-corrected chi connectivity index (χ0v) is 10.4. The van der Waals surface area contributed by atoms with Crippen molar-refractivity contribution >= 4 is 10.1 Å². The normalized spacial score (nSPS) is 29.1. The van der Waals surface area contributed by atoms with Gasteiger partial charge in [0, 0.05) is 0 Å². The number of allylic oxidation sites excluding steroid dienone is 3. The van der Waals surface area contributed by atoms with Crippen molar-refractivity contribution in [2.75, 3.05) is 0 Å². The quantitative estimate of drug-likeness (QED) is 0.605. The van der Waals surface area contributed by atoms with E-state index < -0.39 is 21.0 Å². The highest BCUT2D eigenvalue weighted by Crippen LogP contribution is 2.27. The zero-order chi connectivity index (χ0) is 11.5. The van der Waals surface area contributed by atoms with Crippen LogP contribution in [0, 0.1) is 0 Å². The molecule has 0 heterocycles. The van der Waals surface area contributed by atoms with Gasteiger partial charge in [-0.25, -0.2) is 8.42 Å². The Morgan fingerprint density at radius 2 is 2.06 bits per heavy atom. The molecule has 16 heavy (non-hydrogen) atoms. The lowest BCUT2D eigenvalue weighted by Crippen LogP contribution is -2.44. The molecule has 0 aromatic rings. The van der Waals surface area contributed by atoms with Crippen LogP contribution in [0.25, 0.3) is 0 Å². The SMILES string of the molecule is CC=COC1(C)C=CC=CC1S(=O)(=O)[O-].[NH4+]. The van der Waals surface area contributed by atoms with E-state index in [2.05, 4.69) is 0 Å². The van der Waals surface area contributed by atoms with Gasteiger partial charge in [0.15, 0.2) is 0 Å². The smallest absolute Gasteiger partial charge is 0.143 e. The minimum Gasteiger partial charge on any atom is -0.747 e. The van der Waals surface area contributed by atoms with Crippen LogP contribution in [0.1, 0.15) is 13.8 Å². The second-order valence-electron chi connectivity index (χ2n) is 3.43. The van der Waals surface area contributed by atoms with Crippen molar-refractivity contribution < 1.29 is 17.7 Å². The molecule has 6 heteroatoms. The third kappa shape index (κ3) is 3.19. The summed E-state index contributed by atoms with van der Waals surface area (Å²) in [5, 5.41) is -1.19. The summed E-state index contributed by atoms with van der Waals surface area (Å²) >= 11 is 0. The van der Waals surface area contributed by atoms with Crippen molar-refractivity contribution in [2.45, 2.75) is 24.7 Å². The van der Waals surface area contributed by atoms with Gasteiger partial charge in [-0.2, -0.15) is 0 Å². The largest absolute Gasteiger partial charge is 0.747 e. The minimum absolute atomic E-state index is 0. The summed E-state index contributed by atoms with van der Waals surface area (Å²) in [6.07, 6.45) is 9.10. The van der Waals surface area contributed by atoms with Crippen LogP contribution in [-0.2, 0) is 14.9 Å². The van der Waals surface area contributed by atoms with E-state index in [1.165, 1.54) is 18.4 Å². The summed E-state index contributed by atoms with van der Waals surface area (Å²) in [7, 11) is -4.41. The molecule has 4 N–H and O–H groups in total. The summed E-state index contributed by atoms with van der Waals surface area (Å²) in [5.41, 5.74) is -1.12. The standard InChI is InChI=1S/C10H14O4S.H3N/c1-3-8-14-10(2)7-5-4-6-9(10)15(11,12)13;/h3-9H,1-2H3,(H,11,12,13);1H3. The van der Waals surface area contributed by atoms with E-state index in [0.717, 1.165) is 0 Å². The molecule has 0 fully saturated rings. The molecule has 0 amide bonds. The van der Waals surface area contributed by atoms with Crippen molar-refractivity contribution in [1.82, 2.24) is 6.15 Å². The van der Waals surface area contributed by atoms with Crippen LogP contribution in [0.2, 0.25) is 0 Å². The Bertz CT molecular complexity index is 411. The molecular weight excluding hydrogens is 230 g/mol. The van der Waals surface area contributed by atoms with E-state index in [1.54, 1.807) is 32.1 Å². The van der Waals surface area contributed by atoms with E-state index in [-0.39, 0.29) is 6.15 Å². The molecule has 5 nitrogen and oxygen atoms in total. The fourth-order valence-electron chi connectivity index (χ4n) is 1.40. The maximum atomic E-state index is 11.0. The highest BCUT2D eigenvalue weighted by molar-refractivity contribution is 7.86. The van der Waals surface area contributed by atoms with Crippen LogP contribution >= 0.6 is 0 Å². The molecule has 0 aromatic carbocycles. The van der Waals surface area contributed by atoms with Gasteiger partial charge in [0.05, 0.1) is 6.26 Å². The van der Waals surface area contributed by atoms with E-state index in [1.807, 2.05) is 0 Å². The van der Waals surface area contributed by atoms with Gasteiger partial charge in [0.2, 0.25) is 0 Å². The lowest BCUT2D eigenvalue weighted by Gasteiger charge is -2.35. The summed E-state index contributed by atoms with van der Waals surface area (Å²) in [4.78, 5) is 0. The molecule has 1 aliphatic carbocycles. The Kier molecular flexibility index (Phi) is 4.92. The third-order valence-electron chi connectivity index (χ3n) is 2.16. The lowest BCUT2D eigenvalue weighted by atomic mass is 9.97. The molecule has 92 valence electrons. The van der Waals surface area contributed by atoms with Gasteiger partial charge in [-0.05, 0) is 19.9 Å². The van der Waals surface area contributed by atoms with Crippen molar-refractivity contribution in [3.8, 4) is 0 Å². The van der Waals surface area contributed by atoms with Crippen molar-refractivity contribution in [3.05, 3.63) is 36.6 Å². The van der Waals surface area contributed by atoms with Crippen LogP contribution in [-0.4, -0.2) is 23.8 Å². The molecule has 2 atom stereocenters. The molecule has 0 saturated carbocycles. The van der Waals surface area contributed by atoms with Crippen LogP contribution in [0.5, 0.6) is 0 Å². The second kappa shape index (κ2) is 5.29. The highest BCUT2D eigenvalue weighted by Gasteiger charge is 2.37. The molecule has 1 rings (SSSR count). The predicted molar refractivity (Wildman–Crippen MR) is 62.1 cm³/mol. The van der Waals surface area contributed by atoms with Crippen molar-refractivity contribution in [3.63, 3.8) is 0 Å². The average Bonchev–Trinajstić information content (AvgIpc) is 2.14. The Labute approximate surface area is 95.8 Å². The first-order chi connectivity index (χ1) is 6.90. The summed E-state index contributed by atoms with van der Waals surface area (Å²) in [6.45, 7) is 3.31. The van der Waals surface area contributed by atoms with Gasteiger partial charge in [-0.15, -0.1) is 0 Å². The molecule has 0 aromatic heterocycles. The van der Waals surface area contributed by atoms with Crippen molar-refractivity contribution in [1.29, 1.82) is 0 Å². The topological polar surface area (TPSA) is 103 Å². The molecule has 0 aliphatic heterocycles. The first kappa shape index (κ1) is 14.9. The van der Waals surface area contributed by atoms with Crippen molar-refractivity contribution in [2.24, 2.45) is 0 Å². The minimum atomic E-state index is -4.41. The number of quaternary nitrogens is 1. The Morgan fingerprint density at radius 1 is 1.44 bits per heavy atom. The zero-order valence-electron chi connectivity index (χ0n) is 9.58. The molecule has 1 aliphatic rings. The second-order valence-corrected chi connectivity index (χ2v) is 4.92. The Morgan fingerprint density at radius 3 is 2.56 bits per heavy atom. The average molecular weight is 247 g/mol. The maximum absolute atomic E-state index is 11.0. The van der Waals surface area contributed by atoms with Crippen LogP contribution in [0.3, 0.4) is 0 Å². The van der Waals surface area contributed by atoms with Gasteiger partial charge in [-0.1, -0.05) is 24.3 Å². The highest BCUT2D eigenvalue weighted by atomic mass is 32.2. The molecular formula is C10H17NO4S. The third-order valence-corrected chi connectivity index (χ3v) is 3.41. The number of hydrogen-bond donors (Lipinski definition) is 1. The number of hydrogen-bond acceptors (Lipinski definition) is 4. The van der Waals surface area contributed by atoms with Gasteiger partial charge >= 0.3 is 0 Å². The first-order valence-electron chi connectivity index (χ1n) is 4.50. The molecule has 0 radical (unpaired) electrons. The molecule has 0 saturated heterocycles. The monoisotopic (exact) mass is 247 g/mol. The summed E-state index contributed by atoms with van der Waals surface area (Å²) in [6, 6.07) is 0. The number of ether oxygens (including phenoxy) is 1. The fourth-order valence-corrected chi connectivity index (χ4v) is 2.39. The lowest BCUT2D eigenvalue weighted by molar-refractivity contribution is 0.0880. The molecule has 0 spiro atoms. The predicted octanol–water partition coefficient (Wildman–Crippen LogP) is 1.71. The van der Waals surface area contributed by atoms with Crippen LogP contribution in [0.4, 0.5) is 0 Å². The molecule has 2 unspecified atom stereocenters. The first-order valence-corrected chi connectivity index (χ1v) is 5.97. The van der Waals surface area contributed by atoms with Gasteiger partial charge < -0.3 is 15.4 Å². The molecule has 0 bridgehead atoms. The van der Waals surface area contributed by atoms with Gasteiger partial charge in [0.25, 0.3) is 0 Å². The maximum Gasteiger partial charge on any atom is 0.143 e. The summed E-state index contributed by atoms with van der Waals surface area (Å²) < 4.78 is 38.3. The van der Waals surface area contributed by atoms with Crippen LogP contribution < -0.4 is 6.15 Å². The Balaban J connectivity index is 0.00000225. The van der Waals surface area contributed by atoms with Gasteiger partial charge in [0.1, 0.15) is 21.0 Å². The fraction of sp³-hybridized carbons (Fsp3) is 0.400. The van der Waals surface area contributed by atoms with Gasteiger partial charge in [-0.3, -0.25) is 0 Å². The van der Waals surface area contributed by atoms with E-state index >= 15 is 0 Å². The van der Waals surface area contributed by atoms with E-state index in [0.29, 0.717) is 0 Å². The Hall–Kier alpha value is -1.11. The van der Waals surface area contributed by atoms with E-state index in [9.17, 15) is 13.0 Å². The van der Waals surface area contributed by atoms with E-state index in [4.69, 9.17) is 4.74 Å². The number of rotatable bonds is 3. The summed E-state index contributed by atoms with van der Waals surface area (Å²) in [5.74, 6) is 0.